The smallest absolute Gasteiger partial charge is 0.273 e. The second-order valence-electron chi connectivity index (χ2n) is 12.0. The highest BCUT2D eigenvalue weighted by Crippen LogP contribution is 2.21. The fourth-order valence-electron chi connectivity index (χ4n) is 5.23. The number of phenols is 2. The molecule has 0 fully saturated rings. The lowest BCUT2D eigenvalue weighted by atomic mass is 9.98. The fourth-order valence-corrected chi connectivity index (χ4v) is 5.23. The van der Waals surface area contributed by atoms with Gasteiger partial charge in [-0.3, -0.25) is 40.9 Å². The summed E-state index contributed by atoms with van der Waals surface area (Å²) in [5.74, 6) is -4.55. The van der Waals surface area contributed by atoms with Gasteiger partial charge in [0.25, 0.3) is 23.6 Å². The van der Waals surface area contributed by atoms with Crippen molar-refractivity contribution in [2.24, 2.45) is 5.92 Å². The number of aryl methyl sites for hydroxylation is 2. The first-order valence-electron chi connectivity index (χ1n) is 17.1. The van der Waals surface area contributed by atoms with Gasteiger partial charge in [0.2, 0.25) is 0 Å². The largest absolute Gasteiger partial charge is 0.507 e. The van der Waals surface area contributed by atoms with Crippen molar-refractivity contribution < 1.29 is 29.4 Å². The van der Waals surface area contributed by atoms with Crippen LogP contribution in [0.15, 0.2) is 36.4 Å². The summed E-state index contributed by atoms with van der Waals surface area (Å²) in [6, 6.07) is 9.63. The average molecular weight is 639 g/mol. The molecule has 0 aliphatic rings. The predicted octanol–water partition coefficient (Wildman–Crippen LogP) is 6.54. The molecule has 0 bridgehead atoms. The third-order valence-electron chi connectivity index (χ3n) is 8.08. The van der Waals surface area contributed by atoms with Gasteiger partial charge >= 0.3 is 0 Å². The molecule has 0 radical (unpaired) electrons. The lowest BCUT2D eigenvalue weighted by Gasteiger charge is -2.18. The highest BCUT2D eigenvalue weighted by Gasteiger charge is 2.28. The van der Waals surface area contributed by atoms with Crippen molar-refractivity contribution >= 4 is 23.6 Å². The highest BCUT2D eigenvalue weighted by atomic mass is 16.3. The van der Waals surface area contributed by atoms with Gasteiger partial charge in [-0.15, -0.1) is 0 Å². The van der Waals surface area contributed by atoms with E-state index in [9.17, 15) is 29.4 Å². The minimum Gasteiger partial charge on any atom is -0.507 e. The molecule has 10 heteroatoms. The topological polar surface area (TPSA) is 157 Å². The van der Waals surface area contributed by atoms with Gasteiger partial charge in [-0.2, -0.15) is 0 Å². The van der Waals surface area contributed by atoms with Crippen LogP contribution in [-0.2, 0) is 22.4 Å². The first-order valence-corrected chi connectivity index (χ1v) is 17.1. The molecule has 10 nitrogen and oxygen atoms in total. The van der Waals surface area contributed by atoms with Gasteiger partial charge in [-0.25, -0.2) is 0 Å². The zero-order chi connectivity index (χ0) is 33.7. The van der Waals surface area contributed by atoms with Gasteiger partial charge in [0.1, 0.15) is 17.4 Å². The molecule has 0 aliphatic heterocycles. The SMILES string of the molecule is CCCCCCCCCC(C(=O)NNC(=O)c1cc(CCCCC)ccc1O)C(=O)NNC(=O)c1cc(CCCCC)ccc1O. The number of phenolic OH excluding ortho intramolecular Hbond substituents is 2. The standard InChI is InChI=1S/C36H54N4O6/c1-4-7-10-11-12-13-16-19-28(33(43)37-39-35(45)29-24-26(17-14-8-5-2)20-22-31(29)41)34(44)38-40-36(46)30-25-27(18-15-9-6-3)21-23-32(30)42/h20-25,28,41-42H,4-19H2,1-3H3,(H,37,43)(H,38,44)(H,39,45)(H,40,46). The van der Waals surface area contributed by atoms with E-state index in [1.165, 1.54) is 18.6 Å². The van der Waals surface area contributed by atoms with Crippen LogP contribution in [0.2, 0.25) is 0 Å². The molecule has 0 aliphatic carbocycles. The van der Waals surface area contributed by atoms with Crippen LogP contribution in [0.1, 0.15) is 143 Å². The molecule has 4 amide bonds. The number of benzene rings is 2. The summed E-state index contributed by atoms with van der Waals surface area (Å²) in [5.41, 5.74) is 11.1. The molecule has 0 unspecified atom stereocenters. The Labute approximate surface area is 274 Å². The molecule has 2 rings (SSSR count). The van der Waals surface area contributed by atoms with E-state index in [1.807, 2.05) is 0 Å². The number of hydrogen-bond acceptors (Lipinski definition) is 6. The molecule has 0 aromatic heterocycles. The zero-order valence-corrected chi connectivity index (χ0v) is 27.9. The number of rotatable bonds is 20. The highest BCUT2D eigenvalue weighted by molar-refractivity contribution is 6.04. The molecular weight excluding hydrogens is 584 g/mol. The summed E-state index contributed by atoms with van der Waals surface area (Å²) >= 11 is 0. The third-order valence-corrected chi connectivity index (χ3v) is 8.08. The van der Waals surface area contributed by atoms with Crippen molar-refractivity contribution in [1.29, 1.82) is 0 Å². The van der Waals surface area contributed by atoms with Crippen molar-refractivity contribution in [1.82, 2.24) is 21.7 Å². The number of aromatic hydroxyl groups is 2. The maximum absolute atomic E-state index is 13.2. The van der Waals surface area contributed by atoms with Crippen molar-refractivity contribution in [3.63, 3.8) is 0 Å². The van der Waals surface area contributed by atoms with E-state index >= 15 is 0 Å². The first-order chi connectivity index (χ1) is 22.2. The Bertz CT molecular complexity index is 1180. The molecule has 0 saturated heterocycles. The average Bonchev–Trinajstić information content (AvgIpc) is 3.05. The Kier molecular flexibility index (Phi) is 17.9. The van der Waals surface area contributed by atoms with E-state index in [0.717, 1.165) is 94.6 Å². The molecule has 0 atom stereocenters. The quantitative estimate of drug-likeness (QED) is 0.0549. The fraction of sp³-hybridized carbons (Fsp3) is 0.556. The number of carbonyl (C=O) groups is 4. The van der Waals surface area contributed by atoms with Crippen LogP contribution in [0.3, 0.4) is 0 Å². The summed E-state index contributed by atoms with van der Waals surface area (Å²) in [7, 11) is 0. The van der Waals surface area contributed by atoms with Crippen molar-refractivity contribution in [2.45, 2.75) is 124 Å². The maximum Gasteiger partial charge on any atom is 0.273 e. The Morgan fingerprint density at radius 1 is 0.543 bits per heavy atom. The minimum absolute atomic E-state index is 0.0198. The Balaban J connectivity index is 2.05. The van der Waals surface area contributed by atoms with Crippen LogP contribution < -0.4 is 21.7 Å². The summed E-state index contributed by atoms with van der Waals surface area (Å²) in [6.45, 7) is 6.36. The normalized spacial score (nSPS) is 10.9. The summed E-state index contributed by atoms with van der Waals surface area (Å²) < 4.78 is 0. The molecule has 0 spiro atoms. The summed E-state index contributed by atoms with van der Waals surface area (Å²) in [5, 5.41) is 20.5. The Morgan fingerprint density at radius 3 is 1.37 bits per heavy atom. The number of hydrazine groups is 2. The van der Waals surface area contributed by atoms with E-state index < -0.39 is 29.5 Å². The Hall–Kier alpha value is -4.08. The number of carbonyl (C=O) groups excluding carboxylic acids is 4. The number of unbranched alkanes of at least 4 members (excludes halogenated alkanes) is 10. The lowest BCUT2D eigenvalue weighted by Crippen LogP contribution is -2.51. The van der Waals surface area contributed by atoms with Crippen molar-refractivity contribution in [3.8, 4) is 11.5 Å². The van der Waals surface area contributed by atoms with Crippen molar-refractivity contribution in [3.05, 3.63) is 58.7 Å². The van der Waals surface area contributed by atoms with E-state index in [1.54, 1.807) is 24.3 Å². The van der Waals surface area contributed by atoms with Gasteiger partial charge < -0.3 is 10.2 Å². The minimum atomic E-state index is -1.21. The van der Waals surface area contributed by atoms with Crippen LogP contribution >= 0.6 is 0 Å². The first kappa shape index (κ1) is 38.1. The summed E-state index contributed by atoms with van der Waals surface area (Å²) in [4.78, 5) is 52.1. The van der Waals surface area contributed by atoms with E-state index in [4.69, 9.17) is 0 Å². The molecule has 46 heavy (non-hydrogen) atoms. The van der Waals surface area contributed by atoms with E-state index in [0.29, 0.717) is 6.42 Å². The monoisotopic (exact) mass is 638 g/mol. The van der Waals surface area contributed by atoms with Gasteiger partial charge in [0, 0.05) is 0 Å². The molecule has 6 N–H and O–H groups in total. The third kappa shape index (κ3) is 13.5. The number of nitrogens with one attached hydrogen (secondary N) is 4. The molecular formula is C36H54N4O6. The molecule has 254 valence electrons. The molecule has 2 aromatic carbocycles. The van der Waals surface area contributed by atoms with Gasteiger partial charge in [0.05, 0.1) is 11.1 Å². The predicted molar refractivity (Wildman–Crippen MR) is 180 cm³/mol. The van der Waals surface area contributed by atoms with Crippen LogP contribution in [0.4, 0.5) is 0 Å². The van der Waals surface area contributed by atoms with Crippen LogP contribution in [0, 0.1) is 5.92 Å². The van der Waals surface area contributed by atoms with Crippen molar-refractivity contribution in [2.75, 3.05) is 0 Å². The number of hydrogen-bond donors (Lipinski definition) is 6. The van der Waals surface area contributed by atoms with E-state index in [2.05, 4.69) is 42.5 Å². The molecule has 2 aromatic rings. The van der Waals surface area contributed by atoms with Gasteiger partial charge in [0.15, 0.2) is 0 Å². The van der Waals surface area contributed by atoms with Gasteiger partial charge in [-0.05, 0) is 67.5 Å². The van der Waals surface area contributed by atoms with Gasteiger partial charge in [-0.1, -0.05) is 104 Å². The second kappa shape index (κ2) is 21.6. The second-order valence-corrected chi connectivity index (χ2v) is 12.0. The Morgan fingerprint density at radius 2 is 0.935 bits per heavy atom. The van der Waals surface area contributed by atoms with Crippen LogP contribution in [-0.4, -0.2) is 33.8 Å². The van der Waals surface area contributed by atoms with Crippen LogP contribution in [0.5, 0.6) is 11.5 Å². The maximum atomic E-state index is 13.2. The summed E-state index contributed by atoms with van der Waals surface area (Å²) in [6.07, 6.45) is 14.8. The van der Waals surface area contributed by atoms with E-state index in [-0.39, 0.29) is 29.0 Å². The number of amides is 4. The zero-order valence-electron chi connectivity index (χ0n) is 27.9. The molecule has 0 saturated carbocycles. The lowest BCUT2D eigenvalue weighted by molar-refractivity contribution is -0.136. The van der Waals surface area contributed by atoms with Crippen LogP contribution in [0.25, 0.3) is 0 Å². The molecule has 0 heterocycles.